The van der Waals surface area contributed by atoms with Crippen molar-refractivity contribution in [2.45, 2.75) is 284 Å². The van der Waals surface area contributed by atoms with Crippen LogP contribution in [-0.4, -0.2) is 37.2 Å². The van der Waals surface area contributed by atoms with Crippen molar-refractivity contribution in [1.82, 2.24) is 0 Å². The lowest BCUT2D eigenvalue weighted by molar-refractivity contribution is -0.167. The van der Waals surface area contributed by atoms with Crippen LogP contribution in [0.1, 0.15) is 278 Å². The predicted molar refractivity (Wildman–Crippen MR) is 243 cm³/mol. The summed E-state index contributed by atoms with van der Waals surface area (Å²) in [5.74, 6) is -0.862. The molecule has 57 heavy (non-hydrogen) atoms. The lowest BCUT2D eigenvalue weighted by Gasteiger charge is -2.18. The molecule has 6 heteroatoms. The third-order valence-corrected chi connectivity index (χ3v) is 11.3. The molecule has 0 aromatic carbocycles. The van der Waals surface area contributed by atoms with Crippen molar-refractivity contribution in [1.29, 1.82) is 0 Å². The van der Waals surface area contributed by atoms with Crippen LogP contribution in [0.2, 0.25) is 0 Å². The second-order valence-electron chi connectivity index (χ2n) is 17.1. The van der Waals surface area contributed by atoms with Crippen LogP contribution in [0, 0.1) is 0 Å². The van der Waals surface area contributed by atoms with E-state index in [1.54, 1.807) is 0 Å². The van der Waals surface area contributed by atoms with Gasteiger partial charge in [-0.15, -0.1) is 0 Å². The fourth-order valence-corrected chi connectivity index (χ4v) is 7.44. The summed E-state index contributed by atoms with van der Waals surface area (Å²) in [6.45, 7) is 6.64. The van der Waals surface area contributed by atoms with Gasteiger partial charge in [0.2, 0.25) is 0 Å². The molecule has 0 bridgehead atoms. The Labute approximate surface area is 354 Å². The summed E-state index contributed by atoms with van der Waals surface area (Å²) >= 11 is 0. The summed E-state index contributed by atoms with van der Waals surface area (Å²) in [5.41, 5.74) is 0. The van der Waals surface area contributed by atoms with E-state index in [9.17, 15) is 14.4 Å². The van der Waals surface area contributed by atoms with Crippen LogP contribution in [-0.2, 0) is 28.6 Å². The van der Waals surface area contributed by atoms with Crippen LogP contribution >= 0.6 is 0 Å². The summed E-state index contributed by atoms with van der Waals surface area (Å²) < 4.78 is 16.8. The fourth-order valence-electron chi connectivity index (χ4n) is 7.44. The zero-order chi connectivity index (χ0) is 41.5. The maximum absolute atomic E-state index is 12.8. The topological polar surface area (TPSA) is 78.9 Å². The Morgan fingerprint density at radius 3 is 0.895 bits per heavy atom. The van der Waals surface area contributed by atoms with Gasteiger partial charge >= 0.3 is 17.9 Å². The van der Waals surface area contributed by atoms with Gasteiger partial charge in [-0.3, -0.25) is 14.4 Å². The number of ether oxygens (including phenoxy) is 3. The third kappa shape index (κ3) is 45.1. The molecule has 0 heterocycles. The Morgan fingerprint density at radius 1 is 0.333 bits per heavy atom. The normalized spacial score (nSPS) is 12.0. The van der Waals surface area contributed by atoms with E-state index in [1.165, 1.54) is 173 Å². The maximum atomic E-state index is 12.8. The minimum atomic E-state index is -0.765. The van der Waals surface area contributed by atoms with Crippen LogP contribution in [0.3, 0.4) is 0 Å². The smallest absolute Gasteiger partial charge is 0.306 e. The molecular weight excluding hydrogens is 709 g/mol. The molecular formula is C51H96O6. The van der Waals surface area contributed by atoms with E-state index in [4.69, 9.17) is 14.2 Å². The summed E-state index contributed by atoms with van der Waals surface area (Å²) in [6, 6.07) is 0. The average molecular weight is 805 g/mol. The predicted octanol–water partition coefficient (Wildman–Crippen LogP) is 16.2. The molecule has 0 amide bonds. The largest absolute Gasteiger partial charge is 0.462 e. The van der Waals surface area contributed by atoms with E-state index < -0.39 is 6.10 Å². The summed E-state index contributed by atoms with van der Waals surface area (Å²) in [7, 11) is 0. The van der Waals surface area contributed by atoms with Crippen molar-refractivity contribution in [3.63, 3.8) is 0 Å². The van der Waals surface area contributed by atoms with E-state index in [1.807, 2.05) is 0 Å². The highest BCUT2D eigenvalue weighted by molar-refractivity contribution is 5.71. The van der Waals surface area contributed by atoms with E-state index in [-0.39, 0.29) is 31.1 Å². The van der Waals surface area contributed by atoms with Crippen LogP contribution in [0.4, 0.5) is 0 Å². The molecule has 6 nitrogen and oxygen atoms in total. The molecule has 0 aliphatic rings. The van der Waals surface area contributed by atoms with Crippen molar-refractivity contribution < 1.29 is 28.6 Å². The number of rotatable bonds is 46. The minimum absolute atomic E-state index is 0.0674. The quantitative estimate of drug-likeness (QED) is 0.0264. The first-order chi connectivity index (χ1) is 28.0. The van der Waals surface area contributed by atoms with Gasteiger partial charge < -0.3 is 14.2 Å². The van der Waals surface area contributed by atoms with Gasteiger partial charge in [-0.1, -0.05) is 226 Å². The fraction of sp³-hybridized carbons (Fsp3) is 0.902. The first kappa shape index (κ1) is 55.2. The molecule has 0 radical (unpaired) electrons. The molecule has 1 atom stereocenters. The number of allylic oxidation sites excluding steroid dienone is 2. The Hall–Kier alpha value is -1.85. The van der Waals surface area contributed by atoms with E-state index in [2.05, 4.69) is 32.9 Å². The molecule has 336 valence electrons. The standard InChI is InChI=1S/C51H96O6/c1-4-7-10-13-16-19-22-25-28-31-34-37-40-43-49(52)55-46-48(57-51(54)45-42-39-36-33-30-27-24-21-18-15-12-9-6-3)47-56-50(53)44-41-38-35-32-29-26-23-20-17-14-11-8-5-2/h19,22,48H,4-18,20-21,23-47H2,1-3H3. The third-order valence-electron chi connectivity index (χ3n) is 11.3. The molecule has 0 aromatic rings. The number of esters is 3. The van der Waals surface area contributed by atoms with Crippen LogP contribution in [0.5, 0.6) is 0 Å². The molecule has 0 fully saturated rings. The molecule has 0 saturated heterocycles. The van der Waals surface area contributed by atoms with Gasteiger partial charge in [-0.05, 0) is 44.9 Å². The highest BCUT2D eigenvalue weighted by atomic mass is 16.6. The Morgan fingerprint density at radius 2 is 0.579 bits per heavy atom. The first-order valence-electron chi connectivity index (χ1n) is 25.2. The lowest BCUT2D eigenvalue weighted by atomic mass is 10.0. The van der Waals surface area contributed by atoms with Gasteiger partial charge in [0, 0.05) is 19.3 Å². The zero-order valence-corrected chi connectivity index (χ0v) is 38.4. The molecule has 0 N–H and O–H groups in total. The Balaban J connectivity index is 4.34. The molecule has 1 unspecified atom stereocenters. The van der Waals surface area contributed by atoms with Gasteiger partial charge in [0.25, 0.3) is 0 Å². The highest BCUT2D eigenvalue weighted by Gasteiger charge is 2.19. The van der Waals surface area contributed by atoms with E-state index >= 15 is 0 Å². The number of unbranched alkanes of at least 4 members (excludes halogenated alkanes) is 33. The van der Waals surface area contributed by atoms with Crippen LogP contribution in [0.25, 0.3) is 0 Å². The van der Waals surface area contributed by atoms with Crippen molar-refractivity contribution in [2.75, 3.05) is 13.2 Å². The van der Waals surface area contributed by atoms with E-state index in [0.717, 1.165) is 64.2 Å². The molecule has 0 aliphatic heterocycles. The summed E-state index contributed by atoms with van der Waals surface area (Å²) in [5, 5.41) is 0. The van der Waals surface area contributed by atoms with Gasteiger partial charge in [-0.2, -0.15) is 0 Å². The van der Waals surface area contributed by atoms with Gasteiger partial charge in [0.05, 0.1) is 0 Å². The molecule has 0 aliphatic carbocycles. The number of carbonyl (C=O) groups excluding carboxylic acids is 3. The lowest BCUT2D eigenvalue weighted by Crippen LogP contribution is -2.30. The monoisotopic (exact) mass is 805 g/mol. The zero-order valence-electron chi connectivity index (χ0n) is 38.4. The number of hydrogen-bond donors (Lipinski definition) is 0. The average Bonchev–Trinajstić information content (AvgIpc) is 3.21. The van der Waals surface area contributed by atoms with Gasteiger partial charge in [-0.25, -0.2) is 0 Å². The van der Waals surface area contributed by atoms with Gasteiger partial charge in [0.15, 0.2) is 6.10 Å². The Bertz CT molecular complexity index is 885. The first-order valence-corrected chi connectivity index (χ1v) is 25.2. The van der Waals surface area contributed by atoms with Crippen LogP contribution in [0.15, 0.2) is 12.2 Å². The summed E-state index contributed by atoms with van der Waals surface area (Å²) in [4.78, 5) is 37.9. The molecule has 0 spiro atoms. The highest BCUT2D eigenvalue weighted by Crippen LogP contribution is 2.16. The Kier molecular flexibility index (Phi) is 45.3. The second-order valence-corrected chi connectivity index (χ2v) is 17.1. The molecule has 0 saturated carbocycles. The van der Waals surface area contributed by atoms with Gasteiger partial charge in [0.1, 0.15) is 13.2 Å². The van der Waals surface area contributed by atoms with Crippen LogP contribution < -0.4 is 0 Å². The van der Waals surface area contributed by atoms with E-state index in [0.29, 0.717) is 19.3 Å². The maximum Gasteiger partial charge on any atom is 0.306 e. The van der Waals surface area contributed by atoms with Crippen molar-refractivity contribution in [2.24, 2.45) is 0 Å². The number of carbonyl (C=O) groups is 3. The van der Waals surface area contributed by atoms with Crippen molar-refractivity contribution in [3.05, 3.63) is 12.2 Å². The summed E-state index contributed by atoms with van der Waals surface area (Å²) in [6.07, 6.45) is 50.4. The SMILES string of the molecule is CCCCCCC=CCCCCCCCC(=O)OCC(COC(=O)CCCCCCCCCCCCCCC)OC(=O)CCCCCCCCCCCCCCC. The van der Waals surface area contributed by atoms with Crippen molar-refractivity contribution in [3.8, 4) is 0 Å². The number of hydrogen-bond acceptors (Lipinski definition) is 6. The van der Waals surface area contributed by atoms with Crippen molar-refractivity contribution >= 4 is 17.9 Å². The molecule has 0 rings (SSSR count). The molecule has 0 aromatic heterocycles. The minimum Gasteiger partial charge on any atom is -0.462 e. The second kappa shape index (κ2) is 46.8.